The lowest BCUT2D eigenvalue weighted by Crippen LogP contribution is -2.43. The smallest absolute Gasteiger partial charge is 0.252 e. The summed E-state index contributed by atoms with van der Waals surface area (Å²) in [6, 6.07) is 7.18. The van der Waals surface area contributed by atoms with E-state index in [9.17, 15) is 9.90 Å². The van der Waals surface area contributed by atoms with E-state index in [1.807, 2.05) is 12.1 Å². The Morgan fingerprint density at radius 1 is 1.53 bits per heavy atom. The fourth-order valence-electron chi connectivity index (χ4n) is 1.72. The maximum absolute atomic E-state index is 11.9. The van der Waals surface area contributed by atoms with Crippen molar-refractivity contribution in [1.29, 1.82) is 0 Å². The van der Waals surface area contributed by atoms with E-state index in [1.54, 1.807) is 12.1 Å². The van der Waals surface area contributed by atoms with Crippen LogP contribution < -0.4 is 5.32 Å². The Balaban J connectivity index is 1.96. The van der Waals surface area contributed by atoms with E-state index in [4.69, 9.17) is 4.74 Å². The highest BCUT2D eigenvalue weighted by molar-refractivity contribution is 9.10. The highest BCUT2D eigenvalue weighted by Gasteiger charge is 2.32. The summed E-state index contributed by atoms with van der Waals surface area (Å²) >= 11 is 3.32. The number of nitrogens with one attached hydrogen (secondary N) is 1. The van der Waals surface area contributed by atoms with E-state index in [1.165, 1.54) is 0 Å². The second-order valence-electron chi connectivity index (χ2n) is 4.19. The van der Waals surface area contributed by atoms with Crippen molar-refractivity contribution in [3.05, 3.63) is 34.3 Å². The van der Waals surface area contributed by atoms with Gasteiger partial charge >= 0.3 is 0 Å². The van der Waals surface area contributed by atoms with Crippen molar-refractivity contribution in [2.75, 3.05) is 19.8 Å². The summed E-state index contributed by atoms with van der Waals surface area (Å²) in [7, 11) is 0. The van der Waals surface area contributed by atoms with Gasteiger partial charge in [0, 0.05) is 24.0 Å². The van der Waals surface area contributed by atoms with Gasteiger partial charge in [-0.1, -0.05) is 12.1 Å². The second kappa shape index (κ2) is 5.16. The Labute approximate surface area is 108 Å². The molecule has 1 aromatic rings. The van der Waals surface area contributed by atoms with Crippen molar-refractivity contribution >= 4 is 21.8 Å². The van der Waals surface area contributed by atoms with Crippen LogP contribution in [0.4, 0.5) is 0 Å². The molecule has 1 fully saturated rings. The van der Waals surface area contributed by atoms with Gasteiger partial charge in [0.25, 0.3) is 5.91 Å². The summed E-state index contributed by atoms with van der Waals surface area (Å²) in [4.78, 5) is 11.9. The number of aliphatic hydroxyl groups is 1. The zero-order valence-electron chi connectivity index (χ0n) is 9.28. The van der Waals surface area contributed by atoms with Crippen LogP contribution >= 0.6 is 15.9 Å². The number of ether oxygens (including phenoxy) is 1. The molecule has 0 spiro atoms. The Bertz CT molecular complexity index is 416. The number of hydrogen-bond acceptors (Lipinski definition) is 3. The minimum atomic E-state index is -0.920. The molecule has 0 unspecified atom stereocenters. The number of amides is 1. The zero-order chi connectivity index (χ0) is 12.3. The van der Waals surface area contributed by atoms with E-state index in [0.29, 0.717) is 18.6 Å². The number of carbonyl (C=O) groups is 1. The lowest BCUT2D eigenvalue weighted by molar-refractivity contribution is 0.0264. The van der Waals surface area contributed by atoms with Crippen molar-refractivity contribution in [1.82, 2.24) is 5.32 Å². The van der Waals surface area contributed by atoms with Crippen LogP contribution in [0.2, 0.25) is 0 Å². The van der Waals surface area contributed by atoms with Crippen molar-refractivity contribution in [2.45, 2.75) is 12.0 Å². The average molecular weight is 300 g/mol. The van der Waals surface area contributed by atoms with E-state index in [-0.39, 0.29) is 19.1 Å². The molecule has 4 nitrogen and oxygen atoms in total. The standard InChI is InChI=1S/C12H14BrNO3/c13-10-4-2-1-3-9(10)11(15)14-7-12(16)5-6-17-8-12/h1-4,16H,5-8H2,(H,14,15)/t12-/m1/s1. The van der Waals surface area contributed by atoms with Crippen molar-refractivity contribution in [3.8, 4) is 0 Å². The van der Waals surface area contributed by atoms with E-state index < -0.39 is 5.60 Å². The molecule has 1 aliphatic heterocycles. The average Bonchev–Trinajstić information content (AvgIpc) is 2.74. The monoisotopic (exact) mass is 299 g/mol. The van der Waals surface area contributed by atoms with Gasteiger partial charge < -0.3 is 15.2 Å². The normalized spacial score (nSPS) is 23.6. The summed E-state index contributed by atoms with van der Waals surface area (Å²) < 4.78 is 5.85. The van der Waals surface area contributed by atoms with Crippen LogP contribution in [0.3, 0.4) is 0 Å². The Morgan fingerprint density at radius 2 is 2.29 bits per heavy atom. The van der Waals surface area contributed by atoms with Gasteiger partial charge in [-0.25, -0.2) is 0 Å². The zero-order valence-corrected chi connectivity index (χ0v) is 10.9. The first-order chi connectivity index (χ1) is 8.11. The summed E-state index contributed by atoms with van der Waals surface area (Å²) in [6.45, 7) is 1.04. The van der Waals surface area contributed by atoms with Gasteiger partial charge in [-0.3, -0.25) is 4.79 Å². The molecule has 2 N–H and O–H groups in total. The fourth-order valence-corrected chi connectivity index (χ4v) is 2.19. The first-order valence-corrected chi connectivity index (χ1v) is 6.23. The molecular weight excluding hydrogens is 286 g/mol. The molecule has 0 bridgehead atoms. The Kier molecular flexibility index (Phi) is 3.81. The van der Waals surface area contributed by atoms with Crippen LogP contribution in [-0.2, 0) is 4.74 Å². The molecule has 1 saturated heterocycles. The predicted octanol–water partition coefficient (Wildman–Crippen LogP) is 1.33. The molecule has 1 atom stereocenters. The van der Waals surface area contributed by atoms with Crippen LogP contribution in [-0.4, -0.2) is 36.4 Å². The van der Waals surface area contributed by atoms with Crippen molar-refractivity contribution in [3.63, 3.8) is 0 Å². The quantitative estimate of drug-likeness (QED) is 0.885. The molecule has 0 radical (unpaired) electrons. The minimum Gasteiger partial charge on any atom is -0.386 e. The third-order valence-electron chi connectivity index (χ3n) is 2.78. The molecular formula is C12H14BrNO3. The number of carbonyl (C=O) groups excluding carboxylic acids is 1. The third-order valence-corrected chi connectivity index (χ3v) is 3.47. The van der Waals surface area contributed by atoms with Crippen LogP contribution in [0.15, 0.2) is 28.7 Å². The first kappa shape index (κ1) is 12.5. The van der Waals surface area contributed by atoms with Crippen LogP contribution in [0.1, 0.15) is 16.8 Å². The molecule has 92 valence electrons. The lowest BCUT2D eigenvalue weighted by Gasteiger charge is -2.20. The predicted molar refractivity (Wildman–Crippen MR) is 66.9 cm³/mol. The van der Waals surface area contributed by atoms with Gasteiger partial charge in [-0.2, -0.15) is 0 Å². The van der Waals surface area contributed by atoms with Gasteiger partial charge in [0.1, 0.15) is 5.60 Å². The molecule has 5 heteroatoms. The van der Waals surface area contributed by atoms with Gasteiger partial charge in [0.15, 0.2) is 0 Å². The van der Waals surface area contributed by atoms with Crippen LogP contribution in [0.25, 0.3) is 0 Å². The molecule has 1 aliphatic rings. The van der Waals surface area contributed by atoms with Gasteiger partial charge in [-0.15, -0.1) is 0 Å². The summed E-state index contributed by atoms with van der Waals surface area (Å²) in [5.41, 5.74) is -0.355. The molecule has 0 aliphatic carbocycles. The fraction of sp³-hybridized carbons (Fsp3) is 0.417. The molecule has 0 saturated carbocycles. The number of hydrogen-bond donors (Lipinski definition) is 2. The van der Waals surface area contributed by atoms with Crippen molar-refractivity contribution in [2.24, 2.45) is 0 Å². The SMILES string of the molecule is O=C(NC[C@]1(O)CCOC1)c1ccccc1Br. The molecule has 2 rings (SSSR count). The summed E-state index contributed by atoms with van der Waals surface area (Å²) in [5.74, 6) is -0.196. The van der Waals surface area contributed by atoms with Gasteiger partial charge in [0.05, 0.1) is 12.2 Å². The van der Waals surface area contributed by atoms with E-state index >= 15 is 0 Å². The van der Waals surface area contributed by atoms with E-state index in [2.05, 4.69) is 21.2 Å². The maximum Gasteiger partial charge on any atom is 0.252 e. The minimum absolute atomic E-state index is 0.196. The molecule has 17 heavy (non-hydrogen) atoms. The lowest BCUT2D eigenvalue weighted by atomic mass is 10.0. The molecule has 1 amide bonds. The second-order valence-corrected chi connectivity index (χ2v) is 5.04. The van der Waals surface area contributed by atoms with Crippen LogP contribution in [0, 0.1) is 0 Å². The first-order valence-electron chi connectivity index (χ1n) is 5.44. The van der Waals surface area contributed by atoms with Crippen LogP contribution in [0.5, 0.6) is 0 Å². The molecule has 1 aromatic carbocycles. The highest BCUT2D eigenvalue weighted by atomic mass is 79.9. The summed E-state index contributed by atoms with van der Waals surface area (Å²) in [6.07, 6.45) is 0.559. The number of rotatable bonds is 3. The van der Waals surface area contributed by atoms with Crippen molar-refractivity contribution < 1.29 is 14.6 Å². The molecule has 0 aromatic heterocycles. The maximum atomic E-state index is 11.9. The van der Waals surface area contributed by atoms with E-state index in [0.717, 1.165) is 4.47 Å². The van der Waals surface area contributed by atoms with Gasteiger partial charge in [-0.05, 0) is 28.1 Å². The highest BCUT2D eigenvalue weighted by Crippen LogP contribution is 2.18. The van der Waals surface area contributed by atoms with Gasteiger partial charge in [0.2, 0.25) is 0 Å². The Hall–Kier alpha value is -0.910. The summed E-state index contributed by atoms with van der Waals surface area (Å²) in [5, 5.41) is 12.7. The largest absolute Gasteiger partial charge is 0.386 e. The third kappa shape index (κ3) is 3.06. The number of halogens is 1. The Morgan fingerprint density at radius 3 is 2.94 bits per heavy atom. The molecule has 1 heterocycles. The topological polar surface area (TPSA) is 58.6 Å². The number of benzene rings is 1.